The predicted octanol–water partition coefficient (Wildman–Crippen LogP) is 0.407. The van der Waals surface area contributed by atoms with Gasteiger partial charge in [-0.3, -0.25) is 9.59 Å². The standard InChI is InChI=1S/C13H25N3O2/c1-10(2)8-15-13(18)9-14-7-3-4-12(17)16-11-5-6-11/h10-11,14H,3-9H2,1-2H3,(H,15,18)(H,16,17). The van der Waals surface area contributed by atoms with Crippen LogP contribution in [0.25, 0.3) is 0 Å². The first-order valence-corrected chi connectivity index (χ1v) is 6.84. The van der Waals surface area contributed by atoms with E-state index in [4.69, 9.17) is 0 Å². The second-order valence-electron chi connectivity index (χ2n) is 5.32. The molecule has 1 fully saturated rings. The van der Waals surface area contributed by atoms with Gasteiger partial charge in [0.25, 0.3) is 0 Å². The summed E-state index contributed by atoms with van der Waals surface area (Å²) in [6, 6.07) is 0.437. The molecule has 104 valence electrons. The van der Waals surface area contributed by atoms with Crippen molar-refractivity contribution in [3.8, 4) is 0 Å². The average Bonchev–Trinajstić information content (AvgIpc) is 3.09. The van der Waals surface area contributed by atoms with Crippen molar-refractivity contribution in [1.29, 1.82) is 0 Å². The largest absolute Gasteiger partial charge is 0.355 e. The van der Waals surface area contributed by atoms with Crippen molar-refractivity contribution >= 4 is 11.8 Å². The van der Waals surface area contributed by atoms with Gasteiger partial charge in [-0.2, -0.15) is 0 Å². The van der Waals surface area contributed by atoms with Gasteiger partial charge in [-0.25, -0.2) is 0 Å². The van der Waals surface area contributed by atoms with Crippen LogP contribution in [0.1, 0.15) is 39.5 Å². The molecule has 1 aliphatic carbocycles. The summed E-state index contributed by atoms with van der Waals surface area (Å²) in [5.74, 6) is 0.620. The normalized spacial score (nSPS) is 14.6. The van der Waals surface area contributed by atoms with E-state index >= 15 is 0 Å². The van der Waals surface area contributed by atoms with Crippen LogP contribution in [0.15, 0.2) is 0 Å². The zero-order valence-electron chi connectivity index (χ0n) is 11.4. The summed E-state index contributed by atoms with van der Waals surface area (Å²) < 4.78 is 0. The summed E-state index contributed by atoms with van der Waals surface area (Å²) in [6.45, 7) is 5.87. The van der Waals surface area contributed by atoms with E-state index < -0.39 is 0 Å². The first kappa shape index (κ1) is 15.0. The monoisotopic (exact) mass is 255 g/mol. The molecule has 3 N–H and O–H groups in total. The molecule has 0 aliphatic heterocycles. The summed E-state index contributed by atoms with van der Waals surface area (Å²) in [7, 11) is 0. The Hall–Kier alpha value is -1.10. The Morgan fingerprint density at radius 3 is 2.56 bits per heavy atom. The van der Waals surface area contributed by atoms with Gasteiger partial charge in [0.15, 0.2) is 0 Å². The SMILES string of the molecule is CC(C)CNC(=O)CNCCCC(=O)NC1CC1. The summed E-state index contributed by atoms with van der Waals surface area (Å²) in [6.07, 6.45) is 3.56. The third-order valence-corrected chi connectivity index (χ3v) is 2.69. The van der Waals surface area contributed by atoms with Gasteiger partial charge in [0.1, 0.15) is 0 Å². The van der Waals surface area contributed by atoms with Crippen LogP contribution < -0.4 is 16.0 Å². The Morgan fingerprint density at radius 1 is 1.22 bits per heavy atom. The van der Waals surface area contributed by atoms with Crippen LogP contribution in [-0.4, -0.2) is 37.5 Å². The van der Waals surface area contributed by atoms with E-state index in [2.05, 4.69) is 29.8 Å². The fraction of sp³-hybridized carbons (Fsp3) is 0.846. The molecule has 0 aromatic rings. The van der Waals surface area contributed by atoms with E-state index in [1.165, 1.54) is 0 Å². The van der Waals surface area contributed by atoms with E-state index in [-0.39, 0.29) is 11.8 Å². The smallest absolute Gasteiger partial charge is 0.233 e. The van der Waals surface area contributed by atoms with Crippen molar-refractivity contribution in [1.82, 2.24) is 16.0 Å². The molecule has 0 aromatic heterocycles. The minimum atomic E-state index is 0.0196. The lowest BCUT2D eigenvalue weighted by Gasteiger charge is -2.08. The Morgan fingerprint density at radius 2 is 1.94 bits per heavy atom. The maximum absolute atomic E-state index is 11.3. The fourth-order valence-corrected chi connectivity index (χ4v) is 1.48. The van der Waals surface area contributed by atoms with Crippen molar-refractivity contribution < 1.29 is 9.59 Å². The molecule has 1 saturated carbocycles. The Balaban J connectivity index is 1.87. The molecule has 0 bridgehead atoms. The van der Waals surface area contributed by atoms with Gasteiger partial charge in [0.05, 0.1) is 6.54 Å². The zero-order chi connectivity index (χ0) is 13.4. The molecular formula is C13H25N3O2. The lowest BCUT2D eigenvalue weighted by molar-refractivity contribution is -0.121. The number of carbonyl (C=O) groups excluding carboxylic acids is 2. The van der Waals surface area contributed by atoms with Gasteiger partial charge in [0.2, 0.25) is 11.8 Å². The van der Waals surface area contributed by atoms with Gasteiger partial charge >= 0.3 is 0 Å². The highest BCUT2D eigenvalue weighted by Crippen LogP contribution is 2.18. The molecule has 0 saturated heterocycles. The third-order valence-electron chi connectivity index (χ3n) is 2.69. The van der Waals surface area contributed by atoms with Crippen LogP contribution >= 0.6 is 0 Å². The summed E-state index contributed by atoms with van der Waals surface area (Å²) in [4.78, 5) is 22.7. The molecule has 0 unspecified atom stereocenters. The van der Waals surface area contributed by atoms with E-state index in [9.17, 15) is 9.59 Å². The van der Waals surface area contributed by atoms with Crippen molar-refractivity contribution in [3.63, 3.8) is 0 Å². The van der Waals surface area contributed by atoms with E-state index in [1.807, 2.05) is 0 Å². The summed E-state index contributed by atoms with van der Waals surface area (Å²) in [5.41, 5.74) is 0. The number of nitrogens with one attached hydrogen (secondary N) is 3. The quantitative estimate of drug-likeness (QED) is 0.523. The summed E-state index contributed by atoms with van der Waals surface area (Å²) in [5, 5.41) is 8.82. The van der Waals surface area contributed by atoms with Crippen molar-refractivity contribution in [2.45, 2.75) is 45.6 Å². The molecule has 0 aromatic carbocycles. The van der Waals surface area contributed by atoms with Gasteiger partial charge in [-0.15, -0.1) is 0 Å². The Kier molecular flexibility index (Phi) is 6.72. The molecular weight excluding hydrogens is 230 g/mol. The molecule has 18 heavy (non-hydrogen) atoms. The topological polar surface area (TPSA) is 70.2 Å². The zero-order valence-corrected chi connectivity index (χ0v) is 11.4. The first-order valence-electron chi connectivity index (χ1n) is 6.84. The maximum atomic E-state index is 11.3. The minimum Gasteiger partial charge on any atom is -0.355 e. The molecule has 0 spiro atoms. The number of carbonyl (C=O) groups is 2. The highest BCUT2D eigenvalue weighted by Gasteiger charge is 2.22. The number of rotatable bonds is 9. The molecule has 5 heteroatoms. The predicted molar refractivity (Wildman–Crippen MR) is 71.1 cm³/mol. The summed E-state index contributed by atoms with van der Waals surface area (Å²) >= 11 is 0. The minimum absolute atomic E-state index is 0.0196. The highest BCUT2D eigenvalue weighted by atomic mass is 16.2. The molecule has 5 nitrogen and oxygen atoms in total. The first-order chi connectivity index (χ1) is 8.58. The lowest BCUT2D eigenvalue weighted by Crippen LogP contribution is -2.36. The maximum Gasteiger partial charge on any atom is 0.233 e. The van der Waals surface area contributed by atoms with Crippen LogP contribution in [0.2, 0.25) is 0 Å². The van der Waals surface area contributed by atoms with Crippen LogP contribution in [0.4, 0.5) is 0 Å². The molecule has 0 heterocycles. The van der Waals surface area contributed by atoms with Gasteiger partial charge in [-0.1, -0.05) is 13.8 Å². The lowest BCUT2D eigenvalue weighted by atomic mass is 10.2. The van der Waals surface area contributed by atoms with Crippen molar-refractivity contribution in [2.24, 2.45) is 5.92 Å². The second-order valence-corrected chi connectivity index (χ2v) is 5.32. The van der Waals surface area contributed by atoms with E-state index in [1.54, 1.807) is 0 Å². The van der Waals surface area contributed by atoms with Gasteiger partial charge in [-0.05, 0) is 31.7 Å². The van der Waals surface area contributed by atoms with Crippen LogP contribution in [0.3, 0.4) is 0 Å². The van der Waals surface area contributed by atoms with Crippen molar-refractivity contribution in [3.05, 3.63) is 0 Å². The van der Waals surface area contributed by atoms with E-state index in [0.717, 1.165) is 19.3 Å². The number of amides is 2. The molecule has 0 radical (unpaired) electrons. The molecule has 0 atom stereocenters. The molecule has 2 amide bonds. The fourth-order valence-electron chi connectivity index (χ4n) is 1.48. The molecule has 1 aliphatic rings. The van der Waals surface area contributed by atoms with Crippen LogP contribution in [0, 0.1) is 5.92 Å². The second kappa shape index (κ2) is 8.08. The van der Waals surface area contributed by atoms with Crippen molar-refractivity contribution in [2.75, 3.05) is 19.6 Å². The van der Waals surface area contributed by atoms with E-state index in [0.29, 0.717) is 38.0 Å². The molecule has 1 rings (SSSR count). The number of hydrogen-bond donors (Lipinski definition) is 3. The van der Waals surface area contributed by atoms with Gasteiger partial charge in [0, 0.05) is 19.0 Å². The van der Waals surface area contributed by atoms with Crippen LogP contribution in [0.5, 0.6) is 0 Å². The highest BCUT2D eigenvalue weighted by molar-refractivity contribution is 5.78. The van der Waals surface area contributed by atoms with Gasteiger partial charge < -0.3 is 16.0 Å². The Bertz CT molecular complexity index is 275. The van der Waals surface area contributed by atoms with Crippen LogP contribution in [-0.2, 0) is 9.59 Å². The Labute approximate surface area is 109 Å². The average molecular weight is 255 g/mol. The number of hydrogen-bond acceptors (Lipinski definition) is 3. The third kappa shape index (κ3) is 8.06.